The number of alkyl halides is 1. The van der Waals surface area contributed by atoms with Gasteiger partial charge in [0.15, 0.2) is 5.78 Å². The quantitative estimate of drug-likeness (QED) is 0.725. The molecule has 0 heterocycles. The van der Waals surface area contributed by atoms with Crippen LogP contribution >= 0.6 is 23.2 Å². The summed E-state index contributed by atoms with van der Waals surface area (Å²) in [6.45, 7) is 1.82. The van der Waals surface area contributed by atoms with Crippen molar-refractivity contribution < 1.29 is 4.79 Å². The van der Waals surface area contributed by atoms with E-state index in [1.54, 1.807) is 6.07 Å². The SMILES string of the molecule is CCC(=O)C(Cl)Cc1cccc(Cl)c1. The number of halogens is 2. The van der Waals surface area contributed by atoms with Crippen molar-refractivity contribution in [1.29, 1.82) is 0 Å². The van der Waals surface area contributed by atoms with Crippen LogP contribution in [0.5, 0.6) is 0 Å². The van der Waals surface area contributed by atoms with Crippen LogP contribution in [0.4, 0.5) is 0 Å². The van der Waals surface area contributed by atoms with Gasteiger partial charge in [-0.2, -0.15) is 0 Å². The third kappa shape index (κ3) is 3.32. The molecule has 0 spiro atoms. The highest BCUT2D eigenvalue weighted by atomic mass is 35.5. The largest absolute Gasteiger partial charge is 0.298 e. The van der Waals surface area contributed by atoms with E-state index in [4.69, 9.17) is 23.2 Å². The van der Waals surface area contributed by atoms with Crippen LogP contribution < -0.4 is 0 Å². The van der Waals surface area contributed by atoms with E-state index in [0.717, 1.165) is 5.56 Å². The molecule has 0 radical (unpaired) electrons. The average Bonchev–Trinajstić information content (AvgIpc) is 2.16. The van der Waals surface area contributed by atoms with Gasteiger partial charge in [0, 0.05) is 11.4 Å². The first-order chi connectivity index (χ1) is 6.63. The second-order valence-corrected chi connectivity index (χ2v) is 4.08. The Hall–Kier alpha value is -0.530. The molecule has 3 heteroatoms. The molecule has 1 rings (SSSR count). The minimum atomic E-state index is -0.432. The molecule has 1 unspecified atom stereocenters. The Bertz CT molecular complexity index is 323. The minimum absolute atomic E-state index is 0.0756. The summed E-state index contributed by atoms with van der Waals surface area (Å²) < 4.78 is 0. The number of hydrogen-bond donors (Lipinski definition) is 0. The highest BCUT2D eigenvalue weighted by molar-refractivity contribution is 6.31. The van der Waals surface area contributed by atoms with Crippen molar-refractivity contribution in [1.82, 2.24) is 0 Å². The van der Waals surface area contributed by atoms with Crippen LogP contribution in [0.15, 0.2) is 24.3 Å². The molecule has 0 aromatic heterocycles. The zero-order chi connectivity index (χ0) is 10.6. The predicted octanol–water partition coefficient (Wildman–Crippen LogP) is 3.47. The van der Waals surface area contributed by atoms with Gasteiger partial charge in [-0.3, -0.25) is 4.79 Å². The highest BCUT2D eigenvalue weighted by Gasteiger charge is 2.13. The molecule has 0 aliphatic rings. The lowest BCUT2D eigenvalue weighted by molar-refractivity contribution is -0.118. The van der Waals surface area contributed by atoms with Gasteiger partial charge in [0.05, 0.1) is 5.38 Å². The fourth-order valence-electron chi connectivity index (χ4n) is 1.21. The normalized spacial score (nSPS) is 12.5. The summed E-state index contributed by atoms with van der Waals surface area (Å²) in [5.41, 5.74) is 0.999. The van der Waals surface area contributed by atoms with E-state index in [1.807, 2.05) is 25.1 Å². The van der Waals surface area contributed by atoms with Crippen molar-refractivity contribution in [2.45, 2.75) is 25.1 Å². The predicted molar refractivity (Wildman–Crippen MR) is 60.1 cm³/mol. The number of carbonyl (C=O) groups is 1. The van der Waals surface area contributed by atoms with Gasteiger partial charge in [-0.25, -0.2) is 0 Å². The van der Waals surface area contributed by atoms with Crippen molar-refractivity contribution in [2.75, 3.05) is 0 Å². The molecule has 0 aliphatic heterocycles. The van der Waals surface area contributed by atoms with Crippen LogP contribution in [0.25, 0.3) is 0 Å². The molecular weight excluding hydrogens is 219 g/mol. The van der Waals surface area contributed by atoms with Crippen LogP contribution in [0.1, 0.15) is 18.9 Å². The summed E-state index contributed by atoms with van der Waals surface area (Å²) in [5.74, 6) is 0.0756. The maximum absolute atomic E-state index is 11.2. The zero-order valence-electron chi connectivity index (χ0n) is 7.97. The first kappa shape index (κ1) is 11.5. The maximum atomic E-state index is 11.2. The molecule has 1 atom stereocenters. The van der Waals surface area contributed by atoms with Gasteiger partial charge in [-0.1, -0.05) is 30.7 Å². The molecule has 0 amide bonds. The third-order valence-corrected chi connectivity index (χ3v) is 2.63. The number of ketones is 1. The molecule has 0 bridgehead atoms. The summed E-state index contributed by atoms with van der Waals surface area (Å²) in [6.07, 6.45) is 1.03. The topological polar surface area (TPSA) is 17.1 Å². The average molecular weight is 231 g/mol. The smallest absolute Gasteiger partial charge is 0.150 e. The van der Waals surface area contributed by atoms with Crippen LogP contribution in [0, 0.1) is 0 Å². The zero-order valence-corrected chi connectivity index (χ0v) is 9.48. The molecule has 0 N–H and O–H groups in total. The van der Waals surface area contributed by atoms with Gasteiger partial charge in [-0.05, 0) is 24.1 Å². The Balaban J connectivity index is 2.64. The standard InChI is InChI=1S/C11H12Cl2O/c1-2-11(14)10(13)7-8-4-3-5-9(12)6-8/h3-6,10H,2,7H2,1H3. The monoisotopic (exact) mass is 230 g/mol. The Labute approximate surface area is 94.0 Å². The molecule has 14 heavy (non-hydrogen) atoms. The molecule has 1 aromatic carbocycles. The Kier molecular flexibility index (Phi) is 4.43. The van der Waals surface area contributed by atoms with E-state index >= 15 is 0 Å². The van der Waals surface area contributed by atoms with Crippen molar-refractivity contribution in [3.63, 3.8) is 0 Å². The van der Waals surface area contributed by atoms with E-state index in [2.05, 4.69) is 0 Å². The number of hydrogen-bond acceptors (Lipinski definition) is 1. The molecule has 76 valence electrons. The first-order valence-corrected chi connectivity index (χ1v) is 5.36. The molecule has 1 aromatic rings. The summed E-state index contributed by atoms with van der Waals surface area (Å²) in [6, 6.07) is 7.41. The fraction of sp³-hybridized carbons (Fsp3) is 0.364. The lowest BCUT2D eigenvalue weighted by Gasteiger charge is -2.06. The summed E-state index contributed by atoms with van der Waals surface area (Å²) in [5, 5.41) is 0.244. The first-order valence-electron chi connectivity index (χ1n) is 4.54. The molecule has 0 fully saturated rings. The lowest BCUT2D eigenvalue weighted by atomic mass is 10.1. The second-order valence-electron chi connectivity index (χ2n) is 3.12. The van der Waals surface area contributed by atoms with Gasteiger partial charge in [0.25, 0.3) is 0 Å². The number of carbonyl (C=O) groups excluding carboxylic acids is 1. The number of Topliss-reactive ketones (excluding diaryl/α,β-unsaturated/α-hetero) is 1. The van der Waals surface area contributed by atoms with Crippen LogP contribution in [0.3, 0.4) is 0 Å². The van der Waals surface area contributed by atoms with Gasteiger partial charge in [-0.15, -0.1) is 11.6 Å². The Morgan fingerprint density at radius 1 is 1.50 bits per heavy atom. The second kappa shape index (κ2) is 5.38. The fourth-order valence-corrected chi connectivity index (χ4v) is 1.75. The van der Waals surface area contributed by atoms with E-state index in [0.29, 0.717) is 17.9 Å². The Morgan fingerprint density at radius 2 is 2.21 bits per heavy atom. The van der Waals surface area contributed by atoms with Gasteiger partial charge in [0.2, 0.25) is 0 Å². The molecule has 0 saturated carbocycles. The molecule has 1 nitrogen and oxygen atoms in total. The lowest BCUT2D eigenvalue weighted by Crippen LogP contribution is -2.15. The highest BCUT2D eigenvalue weighted by Crippen LogP contribution is 2.15. The third-order valence-electron chi connectivity index (χ3n) is 2.00. The van der Waals surface area contributed by atoms with Gasteiger partial charge < -0.3 is 0 Å². The van der Waals surface area contributed by atoms with Crippen LogP contribution in [-0.2, 0) is 11.2 Å². The van der Waals surface area contributed by atoms with E-state index in [9.17, 15) is 4.79 Å². The van der Waals surface area contributed by atoms with Crippen LogP contribution in [0.2, 0.25) is 5.02 Å². The van der Waals surface area contributed by atoms with Crippen LogP contribution in [-0.4, -0.2) is 11.2 Å². The van der Waals surface area contributed by atoms with Crippen molar-refractivity contribution in [2.24, 2.45) is 0 Å². The number of rotatable bonds is 4. The van der Waals surface area contributed by atoms with Crippen molar-refractivity contribution in [3.8, 4) is 0 Å². The number of benzene rings is 1. The minimum Gasteiger partial charge on any atom is -0.298 e. The maximum Gasteiger partial charge on any atom is 0.150 e. The van der Waals surface area contributed by atoms with Gasteiger partial charge >= 0.3 is 0 Å². The van der Waals surface area contributed by atoms with Crippen molar-refractivity contribution in [3.05, 3.63) is 34.9 Å². The summed E-state index contributed by atoms with van der Waals surface area (Å²) in [7, 11) is 0. The molecule has 0 aliphatic carbocycles. The van der Waals surface area contributed by atoms with Gasteiger partial charge in [0.1, 0.15) is 0 Å². The van der Waals surface area contributed by atoms with E-state index < -0.39 is 5.38 Å². The molecular formula is C11H12Cl2O. The summed E-state index contributed by atoms with van der Waals surface area (Å²) >= 11 is 11.7. The van der Waals surface area contributed by atoms with E-state index in [1.165, 1.54) is 0 Å². The van der Waals surface area contributed by atoms with E-state index in [-0.39, 0.29) is 5.78 Å². The Morgan fingerprint density at radius 3 is 2.79 bits per heavy atom. The van der Waals surface area contributed by atoms with Crippen molar-refractivity contribution >= 4 is 29.0 Å². The summed E-state index contributed by atoms with van der Waals surface area (Å²) in [4.78, 5) is 11.2. The molecule has 0 saturated heterocycles.